The Morgan fingerprint density at radius 1 is 1.11 bits per heavy atom. The van der Waals surface area contributed by atoms with Crippen molar-refractivity contribution < 1.29 is 12.8 Å². The highest BCUT2D eigenvalue weighted by Crippen LogP contribution is 2.26. The van der Waals surface area contributed by atoms with Gasteiger partial charge in [0.05, 0.1) is 11.6 Å². The van der Waals surface area contributed by atoms with Gasteiger partial charge in [-0.15, -0.1) is 0 Å². The molecule has 0 heterocycles. The molecule has 2 N–H and O–H groups in total. The van der Waals surface area contributed by atoms with Crippen LogP contribution >= 0.6 is 0 Å². The van der Waals surface area contributed by atoms with Crippen LogP contribution in [-0.2, 0) is 29.3 Å². The van der Waals surface area contributed by atoms with Crippen molar-refractivity contribution in [2.24, 2.45) is 0 Å². The van der Waals surface area contributed by atoms with E-state index in [0.717, 1.165) is 37.8 Å². The molecule has 0 saturated heterocycles. The number of anilines is 1. The van der Waals surface area contributed by atoms with E-state index in [4.69, 9.17) is 0 Å². The first-order valence-corrected chi connectivity index (χ1v) is 11.5. The molecule has 0 spiro atoms. The number of fused-ring (bicyclic) bond motifs is 1. The number of hydrogen-bond donors (Lipinski definition) is 2. The molecule has 4 nitrogen and oxygen atoms in total. The van der Waals surface area contributed by atoms with Crippen LogP contribution in [0.3, 0.4) is 0 Å². The summed E-state index contributed by atoms with van der Waals surface area (Å²) in [5.41, 5.74) is 4.05. The van der Waals surface area contributed by atoms with Crippen molar-refractivity contribution in [2.45, 2.75) is 56.4 Å². The predicted octanol–water partition coefficient (Wildman–Crippen LogP) is 4.25. The molecule has 3 rings (SSSR count). The van der Waals surface area contributed by atoms with Crippen molar-refractivity contribution >= 4 is 15.7 Å². The molecule has 0 radical (unpaired) electrons. The minimum atomic E-state index is -3.64. The molecule has 6 heteroatoms. The molecule has 1 unspecified atom stereocenters. The molecule has 1 aliphatic rings. The number of benzene rings is 2. The quantitative estimate of drug-likeness (QED) is 0.657. The molecule has 0 amide bonds. The molecule has 1 atom stereocenters. The summed E-state index contributed by atoms with van der Waals surface area (Å²) >= 11 is 0. The first kappa shape index (κ1) is 20.8. The normalized spacial score (nSPS) is 16.6. The average molecular weight is 405 g/mol. The number of alkyl halides is 1. The Kier molecular flexibility index (Phi) is 7.08. The minimum Gasteiger partial charge on any atom is -0.314 e. The van der Waals surface area contributed by atoms with Crippen LogP contribution in [0.5, 0.6) is 0 Å². The van der Waals surface area contributed by atoms with E-state index in [1.54, 1.807) is 24.3 Å². The summed E-state index contributed by atoms with van der Waals surface area (Å²) in [6.45, 7) is 2.83. The summed E-state index contributed by atoms with van der Waals surface area (Å²) in [5, 5.41) is 3.57. The summed E-state index contributed by atoms with van der Waals surface area (Å²) in [4.78, 5) is 0.220. The van der Waals surface area contributed by atoms with Gasteiger partial charge in [-0.1, -0.05) is 25.1 Å². The van der Waals surface area contributed by atoms with Crippen molar-refractivity contribution in [3.63, 3.8) is 0 Å². The van der Waals surface area contributed by atoms with E-state index in [-0.39, 0.29) is 11.6 Å². The van der Waals surface area contributed by atoms with E-state index < -0.39 is 10.0 Å². The molecule has 0 aliphatic heterocycles. The average Bonchev–Trinajstić information content (AvgIpc) is 2.70. The first-order chi connectivity index (χ1) is 13.5. The van der Waals surface area contributed by atoms with Crippen LogP contribution in [0.15, 0.2) is 47.4 Å². The largest absolute Gasteiger partial charge is 0.314 e. The first-order valence-electron chi connectivity index (χ1n) is 10.0. The van der Waals surface area contributed by atoms with Gasteiger partial charge in [-0.25, -0.2) is 8.42 Å². The summed E-state index contributed by atoms with van der Waals surface area (Å²) in [6.07, 6.45) is 5.21. The van der Waals surface area contributed by atoms with E-state index in [2.05, 4.69) is 17.0 Å². The lowest BCUT2D eigenvalue weighted by Gasteiger charge is -2.26. The fourth-order valence-corrected chi connectivity index (χ4v) is 4.71. The van der Waals surface area contributed by atoms with Crippen LogP contribution in [-0.4, -0.2) is 27.7 Å². The Labute approximate surface area is 167 Å². The molecule has 2 aromatic rings. The predicted molar refractivity (Wildman–Crippen MR) is 112 cm³/mol. The topological polar surface area (TPSA) is 58.2 Å². The van der Waals surface area contributed by atoms with Crippen LogP contribution in [0.25, 0.3) is 0 Å². The van der Waals surface area contributed by atoms with E-state index in [0.29, 0.717) is 24.6 Å². The monoisotopic (exact) mass is 404 g/mol. The van der Waals surface area contributed by atoms with Gasteiger partial charge in [0.2, 0.25) is 0 Å². The molecule has 0 fully saturated rings. The van der Waals surface area contributed by atoms with Crippen molar-refractivity contribution in [3.05, 3.63) is 59.2 Å². The summed E-state index contributed by atoms with van der Waals surface area (Å²) in [5.74, 6) is 0. The van der Waals surface area contributed by atoms with Gasteiger partial charge in [-0.05, 0) is 86.0 Å². The second-order valence-corrected chi connectivity index (χ2v) is 9.10. The second-order valence-electron chi connectivity index (χ2n) is 7.42. The Morgan fingerprint density at radius 2 is 1.89 bits per heavy atom. The standard InChI is InChI=1S/C22H29FN2O2S/c1-2-14-24-20-9-7-19-16-21(10-8-18(19)15-20)25-28(26,27)22-11-5-17(6-12-22)4-3-13-23/h5-6,8,10-12,16,20,24-25H,2-4,7,9,13-15H2,1H3. The third-order valence-electron chi connectivity index (χ3n) is 5.20. The number of halogens is 1. The van der Waals surface area contributed by atoms with Gasteiger partial charge >= 0.3 is 0 Å². The fraction of sp³-hybridized carbons (Fsp3) is 0.455. The fourth-order valence-electron chi connectivity index (χ4n) is 3.66. The van der Waals surface area contributed by atoms with Crippen molar-refractivity contribution in [2.75, 3.05) is 17.9 Å². The molecule has 28 heavy (non-hydrogen) atoms. The summed E-state index contributed by atoms with van der Waals surface area (Å²) < 4.78 is 40.3. The van der Waals surface area contributed by atoms with Crippen LogP contribution in [0.2, 0.25) is 0 Å². The van der Waals surface area contributed by atoms with Crippen LogP contribution < -0.4 is 10.0 Å². The maximum absolute atomic E-state index is 12.7. The lowest BCUT2D eigenvalue weighted by atomic mass is 9.88. The van der Waals surface area contributed by atoms with Gasteiger partial charge in [0.1, 0.15) is 0 Å². The van der Waals surface area contributed by atoms with E-state index in [9.17, 15) is 12.8 Å². The summed E-state index contributed by atoms with van der Waals surface area (Å²) in [6, 6.07) is 13.0. The molecular weight excluding hydrogens is 375 g/mol. The second kappa shape index (κ2) is 9.52. The van der Waals surface area contributed by atoms with Crippen LogP contribution in [0.4, 0.5) is 10.1 Å². The highest BCUT2D eigenvalue weighted by molar-refractivity contribution is 7.92. The van der Waals surface area contributed by atoms with Gasteiger partial charge in [-0.3, -0.25) is 9.11 Å². The number of sulfonamides is 1. The third-order valence-corrected chi connectivity index (χ3v) is 6.60. The van der Waals surface area contributed by atoms with Gasteiger partial charge in [0.15, 0.2) is 0 Å². The molecule has 1 aliphatic carbocycles. The zero-order valence-electron chi connectivity index (χ0n) is 16.4. The Bertz CT molecular complexity index is 882. The molecule has 0 aromatic heterocycles. The van der Waals surface area contributed by atoms with E-state index >= 15 is 0 Å². The lowest BCUT2D eigenvalue weighted by Crippen LogP contribution is -2.35. The van der Waals surface area contributed by atoms with Crippen molar-refractivity contribution in [1.29, 1.82) is 0 Å². The maximum Gasteiger partial charge on any atom is 0.261 e. The highest BCUT2D eigenvalue weighted by Gasteiger charge is 2.20. The number of rotatable bonds is 9. The number of nitrogens with one attached hydrogen (secondary N) is 2. The van der Waals surface area contributed by atoms with E-state index in [1.165, 1.54) is 11.1 Å². The maximum atomic E-state index is 12.7. The Hall–Kier alpha value is -1.92. The summed E-state index contributed by atoms with van der Waals surface area (Å²) in [7, 11) is -3.64. The molecule has 2 aromatic carbocycles. The van der Waals surface area contributed by atoms with Gasteiger partial charge in [0.25, 0.3) is 10.0 Å². The SMILES string of the molecule is CCCNC1CCc2cc(NS(=O)(=O)c3ccc(CCCF)cc3)ccc2C1. The van der Waals surface area contributed by atoms with Crippen LogP contribution in [0, 0.1) is 0 Å². The minimum absolute atomic E-state index is 0.220. The van der Waals surface area contributed by atoms with Gasteiger partial charge < -0.3 is 5.32 Å². The van der Waals surface area contributed by atoms with E-state index in [1.807, 2.05) is 18.2 Å². The third kappa shape index (κ3) is 5.32. The smallest absolute Gasteiger partial charge is 0.261 e. The van der Waals surface area contributed by atoms with Crippen molar-refractivity contribution in [3.8, 4) is 0 Å². The molecular formula is C22H29FN2O2S. The Balaban J connectivity index is 1.68. The highest BCUT2D eigenvalue weighted by atomic mass is 32.2. The molecule has 0 saturated carbocycles. The van der Waals surface area contributed by atoms with Crippen molar-refractivity contribution in [1.82, 2.24) is 5.32 Å². The zero-order valence-corrected chi connectivity index (χ0v) is 17.2. The molecule has 0 bridgehead atoms. The Morgan fingerprint density at radius 3 is 2.61 bits per heavy atom. The van der Waals surface area contributed by atoms with Crippen LogP contribution in [0.1, 0.15) is 42.9 Å². The zero-order chi connectivity index (χ0) is 20.0. The van der Waals surface area contributed by atoms with Gasteiger partial charge in [0, 0.05) is 11.7 Å². The van der Waals surface area contributed by atoms with Gasteiger partial charge in [-0.2, -0.15) is 0 Å². The number of hydrogen-bond acceptors (Lipinski definition) is 3. The number of aryl methyl sites for hydroxylation is 2. The molecule has 152 valence electrons. The lowest BCUT2D eigenvalue weighted by molar-refractivity contribution is 0.459.